The predicted octanol–water partition coefficient (Wildman–Crippen LogP) is 3.64. The summed E-state index contributed by atoms with van der Waals surface area (Å²) in [7, 11) is 0. The molecule has 0 saturated carbocycles. The summed E-state index contributed by atoms with van der Waals surface area (Å²) in [5.41, 5.74) is 8.39. The number of nitrogen functional groups attached to an aromatic ring is 1. The Bertz CT molecular complexity index is 581. The first-order valence-electron chi connectivity index (χ1n) is 7.40. The Morgan fingerprint density at radius 1 is 1.10 bits per heavy atom. The molecule has 21 heavy (non-hydrogen) atoms. The van der Waals surface area contributed by atoms with Crippen LogP contribution in [0.1, 0.15) is 25.3 Å². The number of carbonyl (C=O) groups excluding carboxylic acids is 1. The van der Waals surface area contributed by atoms with Gasteiger partial charge in [-0.2, -0.15) is 0 Å². The second kappa shape index (κ2) is 7.48. The number of amides is 1. The van der Waals surface area contributed by atoms with Crippen LogP contribution in [-0.4, -0.2) is 12.5 Å². The van der Waals surface area contributed by atoms with Gasteiger partial charge in [-0.25, -0.2) is 0 Å². The number of carbonyl (C=O) groups is 1. The first-order valence-corrected chi connectivity index (χ1v) is 7.40. The molecular weight excluding hydrogens is 260 g/mol. The monoisotopic (exact) mass is 282 g/mol. The number of nitrogens with two attached hydrogens (primary N) is 1. The van der Waals surface area contributed by atoms with Gasteiger partial charge in [0.1, 0.15) is 0 Å². The Morgan fingerprint density at radius 3 is 2.52 bits per heavy atom. The van der Waals surface area contributed by atoms with E-state index in [0.29, 0.717) is 12.1 Å². The van der Waals surface area contributed by atoms with E-state index in [0.717, 1.165) is 30.6 Å². The van der Waals surface area contributed by atoms with Crippen molar-refractivity contribution in [2.45, 2.75) is 26.2 Å². The third kappa shape index (κ3) is 4.35. The highest BCUT2D eigenvalue weighted by Crippen LogP contribution is 2.17. The summed E-state index contributed by atoms with van der Waals surface area (Å²) >= 11 is 0. The zero-order chi connectivity index (χ0) is 15.1. The molecule has 0 spiro atoms. The van der Waals surface area contributed by atoms with E-state index in [1.54, 1.807) is 0 Å². The predicted molar refractivity (Wildman–Crippen MR) is 88.3 cm³/mol. The average Bonchev–Trinajstić information content (AvgIpc) is 2.49. The molecule has 0 saturated heterocycles. The van der Waals surface area contributed by atoms with Gasteiger partial charge in [-0.1, -0.05) is 43.7 Å². The molecule has 2 N–H and O–H groups in total. The maximum Gasteiger partial charge on any atom is 0.231 e. The molecule has 0 heterocycles. The van der Waals surface area contributed by atoms with Gasteiger partial charge >= 0.3 is 0 Å². The first-order chi connectivity index (χ1) is 10.2. The van der Waals surface area contributed by atoms with E-state index in [4.69, 9.17) is 5.73 Å². The molecular formula is C18H22N2O. The van der Waals surface area contributed by atoms with Gasteiger partial charge in [-0.05, 0) is 36.2 Å². The minimum atomic E-state index is 0.111. The summed E-state index contributed by atoms with van der Waals surface area (Å²) in [5, 5.41) is 0. The van der Waals surface area contributed by atoms with Crippen molar-refractivity contribution in [2.75, 3.05) is 17.2 Å². The number of anilines is 2. The summed E-state index contributed by atoms with van der Waals surface area (Å²) in [5.74, 6) is 0.111. The second-order valence-electron chi connectivity index (χ2n) is 5.16. The zero-order valence-corrected chi connectivity index (χ0v) is 12.5. The summed E-state index contributed by atoms with van der Waals surface area (Å²) < 4.78 is 0. The Hall–Kier alpha value is -2.29. The van der Waals surface area contributed by atoms with E-state index in [1.165, 1.54) is 0 Å². The molecule has 0 aliphatic heterocycles. The maximum atomic E-state index is 12.6. The lowest BCUT2D eigenvalue weighted by molar-refractivity contribution is -0.118. The first kappa shape index (κ1) is 15.1. The molecule has 0 radical (unpaired) electrons. The van der Waals surface area contributed by atoms with Crippen molar-refractivity contribution in [3.8, 4) is 0 Å². The van der Waals surface area contributed by atoms with E-state index < -0.39 is 0 Å². The van der Waals surface area contributed by atoms with Crippen LogP contribution in [0.2, 0.25) is 0 Å². The van der Waals surface area contributed by atoms with Crippen LogP contribution >= 0.6 is 0 Å². The Kier molecular flexibility index (Phi) is 5.38. The molecule has 3 nitrogen and oxygen atoms in total. The smallest absolute Gasteiger partial charge is 0.231 e. The van der Waals surface area contributed by atoms with Crippen LogP contribution in [0.4, 0.5) is 11.4 Å². The molecule has 0 aliphatic carbocycles. The van der Waals surface area contributed by atoms with Crippen molar-refractivity contribution in [2.24, 2.45) is 0 Å². The van der Waals surface area contributed by atoms with E-state index in [1.807, 2.05) is 59.5 Å². The molecule has 2 aromatic rings. The normalized spacial score (nSPS) is 10.3. The van der Waals surface area contributed by atoms with Crippen LogP contribution in [0, 0.1) is 0 Å². The molecule has 2 aromatic carbocycles. The second-order valence-corrected chi connectivity index (χ2v) is 5.16. The molecule has 0 bridgehead atoms. The van der Waals surface area contributed by atoms with Crippen LogP contribution < -0.4 is 10.6 Å². The minimum absolute atomic E-state index is 0.111. The van der Waals surface area contributed by atoms with E-state index >= 15 is 0 Å². The van der Waals surface area contributed by atoms with Gasteiger partial charge in [0.2, 0.25) is 5.91 Å². The summed E-state index contributed by atoms with van der Waals surface area (Å²) in [6.07, 6.45) is 2.44. The zero-order valence-electron chi connectivity index (χ0n) is 12.5. The fraction of sp³-hybridized carbons (Fsp3) is 0.278. The van der Waals surface area contributed by atoms with E-state index in [-0.39, 0.29) is 5.91 Å². The number of para-hydroxylation sites is 1. The van der Waals surface area contributed by atoms with E-state index in [9.17, 15) is 4.79 Å². The Morgan fingerprint density at radius 2 is 1.86 bits per heavy atom. The summed E-state index contributed by atoms with van der Waals surface area (Å²) in [6, 6.07) is 17.4. The van der Waals surface area contributed by atoms with Crippen molar-refractivity contribution in [1.82, 2.24) is 0 Å². The molecule has 110 valence electrons. The highest BCUT2D eigenvalue weighted by molar-refractivity contribution is 5.94. The van der Waals surface area contributed by atoms with Crippen molar-refractivity contribution >= 4 is 17.3 Å². The number of unbranched alkanes of at least 4 members (excludes halogenated alkanes) is 1. The molecule has 0 aromatic heterocycles. The van der Waals surface area contributed by atoms with Crippen LogP contribution in [0.3, 0.4) is 0 Å². The number of nitrogens with zero attached hydrogens (tertiary/aromatic N) is 1. The van der Waals surface area contributed by atoms with Crippen LogP contribution in [0.15, 0.2) is 54.6 Å². The van der Waals surface area contributed by atoms with Crippen molar-refractivity contribution in [1.29, 1.82) is 0 Å². The molecule has 0 atom stereocenters. The lowest BCUT2D eigenvalue weighted by Crippen LogP contribution is -2.33. The van der Waals surface area contributed by atoms with Crippen molar-refractivity contribution < 1.29 is 4.79 Å². The minimum Gasteiger partial charge on any atom is -0.399 e. The van der Waals surface area contributed by atoms with Crippen LogP contribution in [0.5, 0.6) is 0 Å². The van der Waals surface area contributed by atoms with Gasteiger partial charge in [-0.3, -0.25) is 4.79 Å². The average molecular weight is 282 g/mol. The van der Waals surface area contributed by atoms with Crippen molar-refractivity contribution in [3.05, 3.63) is 60.2 Å². The van der Waals surface area contributed by atoms with Gasteiger partial charge < -0.3 is 10.6 Å². The SMILES string of the molecule is CCCCN(C(=O)Cc1cccc(N)c1)c1ccccc1. The molecule has 0 fully saturated rings. The number of rotatable bonds is 6. The third-order valence-electron chi connectivity index (χ3n) is 3.41. The largest absolute Gasteiger partial charge is 0.399 e. The van der Waals surface area contributed by atoms with Gasteiger partial charge in [0.25, 0.3) is 0 Å². The molecule has 3 heteroatoms. The molecule has 0 aliphatic rings. The number of benzene rings is 2. The molecule has 1 amide bonds. The highest BCUT2D eigenvalue weighted by Gasteiger charge is 2.15. The third-order valence-corrected chi connectivity index (χ3v) is 3.41. The van der Waals surface area contributed by atoms with Gasteiger partial charge in [0.05, 0.1) is 6.42 Å². The summed E-state index contributed by atoms with van der Waals surface area (Å²) in [4.78, 5) is 14.5. The van der Waals surface area contributed by atoms with Gasteiger partial charge in [0, 0.05) is 17.9 Å². The fourth-order valence-corrected chi connectivity index (χ4v) is 2.30. The molecule has 0 unspecified atom stereocenters. The standard InChI is InChI=1S/C18H22N2O/c1-2-3-12-20(17-10-5-4-6-11-17)18(21)14-15-8-7-9-16(19)13-15/h4-11,13H,2-3,12,14,19H2,1H3. The molecule has 2 rings (SSSR count). The topological polar surface area (TPSA) is 46.3 Å². The van der Waals surface area contributed by atoms with Crippen molar-refractivity contribution in [3.63, 3.8) is 0 Å². The highest BCUT2D eigenvalue weighted by atomic mass is 16.2. The lowest BCUT2D eigenvalue weighted by atomic mass is 10.1. The van der Waals surface area contributed by atoms with E-state index in [2.05, 4.69) is 6.92 Å². The van der Waals surface area contributed by atoms with Crippen LogP contribution in [-0.2, 0) is 11.2 Å². The quantitative estimate of drug-likeness (QED) is 0.822. The maximum absolute atomic E-state index is 12.6. The Labute approximate surface area is 126 Å². The summed E-state index contributed by atoms with van der Waals surface area (Å²) in [6.45, 7) is 2.88. The van der Waals surface area contributed by atoms with Crippen LogP contribution in [0.25, 0.3) is 0 Å². The number of hydrogen-bond acceptors (Lipinski definition) is 2. The lowest BCUT2D eigenvalue weighted by Gasteiger charge is -2.23. The van der Waals surface area contributed by atoms with Gasteiger partial charge in [-0.15, -0.1) is 0 Å². The Balaban J connectivity index is 2.14. The fourth-order valence-electron chi connectivity index (χ4n) is 2.30. The van der Waals surface area contributed by atoms with Gasteiger partial charge in [0.15, 0.2) is 0 Å². The number of hydrogen-bond donors (Lipinski definition) is 1.